The third-order valence-corrected chi connectivity index (χ3v) is 5.65. The lowest BCUT2D eigenvalue weighted by atomic mass is 9.87. The van der Waals surface area contributed by atoms with Gasteiger partial charge < -0.3 is 4.74 Å². The van der Waals surface area contributed by atoms with Crippen LogP contribution in [0, 0.1) is 5.92 Å². The van der Waals surface area contributed by atoms with Crippen molar-refractivity contribution in [1.29, 1.82) is 0 Å². The Morgan fingerprint density at radius 1 is 1.30 bits per heavy atom. The zero-order chi connectivity index (χ0) is 14.8. The van der Waals surface area contributed by atoms with Gasteiger partial charge in [-0.3, -0.25) is 0 Å². The summed E-state index contributed by atoms with van der Waals surface area (Å²) in [6.07, 6.45) is 4.21. The van der Waals surface area contributed by atoms with E-state index in [4.69, 9.17) is 16.3 Å². The smallest absolute Gasteiger partial charge is 0.240 e. The van der Waals surface area contributed by atoms with Crippen LogP contribution in [0.1, 0.15) is 32.6 Å². The maximum Gasteiger partial charge on any atom is 0.240 e. The maximum atomic E-state index is 12.4. The Morgan fingerprint density at radius 2 is 2.00 bits per heavy atom. The van der Waals surface area contributed by atoms with Crippen molar-refractivity contribution in [3.63, 3.8) is 0 Å². The molecule has 1 aliphatic carbocycles. The van der Waals surface area contributed by atoms with Gasteiger partial charge in [0.25, 0.3) is 0 Å². The van der Waals surface area contributed by atoms with Crippen molar-refractivity contribution in [2.45, 2.75) is 43.5 Å². The predicted octanol–water partition coefficient (Wildman–Crippen LogP) is 3.21. The molecule has 1 aliphatic rings. The number of halogens is 1. The molecule has 0 aliphatic heterocycles. The lowest BCUT2D eigenvalue weighted by Gasteiger charge is -2.29. The first kappa shape index (κ1) is 15.6. The maximum absolute atomic E-state index is 12.4. The number of methoxy groups -OCH3 is 1. The van der Waals surface area contributed by atoms with Gasteiger partial charge in [-0.25, -0.2) is 13.1 Å². The quantitative estimate of drug-likeness (QED) is 0.927. The van der Waals surface area contributed by atoms with Crippen LogP contribution >= 0.6 is 11.6 Å². The molecule has 20 heavy (non-hydrogen) atoms. The number of sulfonamides is 1. The summed E-state index contributed by atoms with van der Waals surface area (Å²) >= 11 is 5.92. The number of ether oxygens (including phenoxy) is 1. The van der Waals surface area contributed by atoms with E-state index in [2.05, 4.69) is 11.6 Å². The molecule has 2 rings (SSSR count). The van der Waals surface area contributed by atoms with Crippen LogP contribution in [0.25, 0.3) is 0 Å². The van der Waals surface area contributed by atoms with Crippen LogP contribution in [0.5, 0.6) is 5.75 Å². The zero-order valence-corrected chi connectivity index (χ0v) is 13.3. The molecule has 112 valence electrons. The molecule has 0 amide bonds. The molecule has 0 heterocycles. The van der Waals surface area contributed by atoms with E-state index in [9.17, 15) is 8.42 Å². The first-order valence-corrected chi connectivity index (χ1v) is 8.66. The van der Waals surface area contributed by atoms with E-state index in [0.29, 0.717) is 16.7 Å². The largest absolute Gasteiger partial charge is 0.495 e. The van der Waals surface area contributed by atoms with Gasteiger partial charge in [-0.05, 0) is 30.9 Å². The SMILES string of the molecule is COc1cc(S(=O)(=O)N[C@@H]2CCCC[C@H]2C)ccc1Cl. The standard InChI is InChI=1S/C14H20ClNO3S/c1-10-5-3-4-6-13(10)16-20(17,18)11-7-8-12(15)14(9-11)19-2/h7-10,13,16H,3-6H2,1-2H3/t10-,13-/m1/s1. The van der Waals surface area contributed by atoms with Crippen molar-refractivity contribution in [1.82, 2.24) is 4.72 Å². The highest BCUT2D eigenvalue weighted by Gasteiger charge is 2.27. The molecule has 0 aromatic heterocycles. The van der Waals surface area contributed by atoms with Crippen molar-refractivity contribution in [2.75, 3.05) is 7.11 Å². The molecule has 1 aromatic carbocycles. The van der Waals surface area contributed by atoms with Gasteiger partial charge in [0.15, 0.2) is 0 Å². The van der Waals surface area contributed by atoms with Crippen molar-refractivity contribution in [2.24, 2.45) is 5.92 Å². The Labute approximate surface area is 125 Å². The van der Waals surface area contributed by atoms with Crippen LogP contribution in [0.15, 0.2) is 23.1 Å². The lowest BCUT2D eigenvalue weighted by Crippen LogP contribution is -2.40. The number of benzene rings is 1. The fourth-order valence-corrected chi connectivity index (χ4v) is 4.15. The van der Waals surface area contributed by atoms with Gasteiger partial charge in [-0.15, -0.1) is 0 Å². The van der Waals surface area contributed by atoms with Gasteiger partial charge >= 0.3 is 0 Å². The molecule has 4 nitrogen and oxygen atoms in total. The van der Waals surface area contributed by atoms with Crippen LogP contribution in [0.2, 0.25) is 5.02 Å². The summed E-state index contributed by atoms with van der Waals surface area (Å²) < 4.78 is 32.7. The van der Waals surface area contributed by atoms with Gasteiger partial charge in [0.1, 0.15) is 5.75 Å². The van der Waals surface area contributed by atoms with E-state index in [0.717, 1.165) is 19.3 Å². The minimum atomic E-state index is -3.53. The summed E-state index contributed by atoms with van der Waals surface area (Å²) in [4.78, 5) is 0.191. The van der Waals surface area contributed by atoms with Crippen molar-refractivity contribution in [3.05, 3.63) is 23.2 Å². The summed E-state index contributed by atoms with van der Waals surface area (Å²) in [5, 5.41) is 0.400. The molecular formula is C14H20ClNO3S. The summed E-state index contributed by atoms with van der Waals surface area (Å²) in [6.45, 7) is 2.09. The second-order valence-corrected chi connectivity index (χ2v) is 7.41. The average molecular weight is 318 g/mol. The van der Waals surface area contributed by atoms with Gasteiger partial charge in [-0.2, -0.15) is 0 Å². The van der Waals surface area contributed by atoms with Crippen molar-refractivity contribution < 1.29 is 13.2 Å². The molecular weight excluding hydrogens is 298 g/mol. The highest BCUT2D eigenvalue weighted by Crippen LogP contribution is 2.29. The van der Waals surface area contributed by atoms with Crippen LogP contribution < -0.4 is 9.46 Å². The van der Waals surface area contributed by atoms with Gasteiger partial charge in [-0.1, -0.05) is 31.4 Å². The Bertz CT molecular complexity index is 574. The zero-order valence-electron chi connectivity index (χ0n) is 11.7. The van der Waals surface area contributed by atoms with Crippen LogP contribution in [0.4, 0.5) is 0 Å². The molecule has 1 fully saturated rings. The van der Waals surface area contributed by atoms with E-state index >= 15 is 0 Å². The van der Waals surface area contributed by atoms with Crippen molar-refractivity contribution >= 4 is 21.6 Å². The Hall–Kier alpha value is -0.780. The Morgan fingerprint density at radius 3 is 2.65 bits per heavy atom. The topological polar surface area (TPSA) is 55.4 Å². The third kappa shape index (κ3) is 3.45. The molecule has 2 atom stereocenters. The number of rotatable bonds is 4. The molecule has 6 heteroatoms. The van der Waals surface area contributed by atoms with Gasteiger partial charge in [0.2, 0.25) is 10.0 Å². The summed E-state index contributed by atoms with van der Waals surface area (Å²) in [5.74, 6) is 0.735. The predicted molar refractivity (Wildman–Crippen MR) is 79.7 cm³/mol. The highest BCUT2D eigenvalue weighted by molar-refractivity contribution is 7.89. The van der Waals surface area contributed by atoms with Crippen LogP contribution in [-0.2, 0) is 10.0 Å². The number of hydrogen-bond acceptors (Lipinski definition) is 3. The first-order valence-electron chi connectivity index (χ1n) is 6.80. The van der Waals surface area contributed by atoms with Crippen LogP contribution in [-0.4, -0.2) is 21.6 Å². The van der Waals surface area contributed by atoms with E-state index in [-0.39, 0.29) is 10.9 Å². The molecule has 0 saturated heterocycles. The van der Waals surface area contributed by atoms with E-state index in [1.807, 2.05) is 0 Å². The summed E-state index contributed by atoms with van der Waals surface area (Å²) in [7, 11) is -2.06. The molecule has 0 unspecified atom stereocenters. The monoisotopic (exact) mass is 317 g/mol. The summed E-state index contributed by atoms with van der Waals surface area (Å²) in [5.41, 5.74) is 0. The second kappa shape index (κ2) is 6.33. The average Bonchev–Trinajstić information content (AvgIpc) is 2.41. The Balaban J connectivity index is 2.21. The van der Waals surface area contributed by atoms with E-state index < -0.39 is 10.0 Å². The molecule has 1 N–H and O–H groups in total. The summed E-state index contributed by atoms with van der Waals surface area (Å²) in [6, 6.07) is 4.51. The van der Waals surface area contributed by atoms with E-state index in [1.165, 1.54) is 25.7 Å². The first-order chi connectivity index (χ1) is 9.44. The van der Waals surface area contributed by atoms with Crippen molar-refractivity contribution in [3.8, 4) is 5.75 Å². The fourth-order valence-electron chi connectivity index (χ4n) is 2.57. The normalized spacial score (nSPS) is 23.6. The number of hydrogen-bond donors (Lipinski definition) is 1. The second-order valence-electron chi connectivity index (χ2n) is 5.29. The third-order valence-electron chi connectivity index (χ3n) is 3.85. The van der Waals surface area contributed by atoms with Gasteiger partial charge in [0, 0.05) is 12.1 Å². The lowest BCUT2D eigenvalue weighted by molar-refractivity contribution is 0.310. The van der Waals surface area contributed by atoms with Gasteiger partial charge in [0.05, 0.1) is 17.0 Å². The Kier molecular flexibility index (Phi) is 4.94. The van der Waals surface area contributed by atoms with Crippen LogP contribution in [0.3, 0.4) is 0 Å². The molecule has 1 saturated carbocycles. The van der Waals surface area contributed by atoms with E-state index in [1.54, 1.807) is 6.07 Å². The molecule has 0 bridgehead atoms. The fraction of sp³-hybridized carbons (Fsp3) is 0.571. The minimum absolute atomic E-state index is 0.00965. The molecule has 0 spiro atoms. The number of nitrogens with one attached hydrogen (secondary N) is 1. The molecule has 1 aromatic rings. The highest BCUT2D eigenvalue weighted by atomic mass is 35.5. The molecule has 0 radical (unpaired) electrons. The minimum Gasteiger partial charge on any atom is -0.495 e.